The van der Waals surface area contributed by atoms with E-state index in [1.165, 1.54) is 5.75 Å². The van der Waals surface area contributed by atoms with Crippen molar-refractivity contribution in [2.75, 3.05) is 32.6 Å². The van der Waals surface area contributed by atoms with E-state index >= 15 is 0 Å². The standard InChI is InChI=1S/C12H28N2S/c1-10(8-15-7)14(6)9-12(3,4)11(2)13-5/h10-11,13H,8-9H2,1-7H3. The Bertz CT molecular complexity index is 171. The molecule has 92 valence electrons. The Morgan fingerprint density at radius 2 is 1.87 bits per heavy atom. The van der Waals surface area contributed by atoms with Gasteiger partial charge in [0.15, 0.2) is 0 Å². The van der Waals surface area contributed by atoms with Crippen LogP contribution in [0.3, 0.4) is 0 Å². The summed E-state index contributed by atoms with van der Waals surface area (Å²) in [6.07, 6.45) is 2.17. The highest BCUT2D eigenvalue weighted by molar-refractivity contribution is 7.98. The molecular weight excluding hydrogens is 204 g/mol. The third kappa shape index (κ3) is 5.23. The lowest BCUT2D eigenvalue weighted by Crippen LogP contribution is -2.47. The summed E-state index contributed by atoms with van der Waals surface area (Å²) in [6, 6.07) is 1.20. The first-order chi connectivity index (χ1) is 6.85. The first-order valence-electron chi connectivity index (χ1n) is 5.71. The predicted molar refractivity (Wildman–Crippen MR) is 72.8 cm³/mol. The molecule has 0 aliphatic heterocycles. The third-order valence-electron chi connectivity index (χ3n) is 3.42. The van der Waals surface area contributed by atoms with E-state index in [4.69, 9.17) is 0 Å². The second-order valence-electron chi connectivity index (χ2n) is 5.22. The highest BCUT2D eigenvalue weighted by Crippen LogP contribution is 2.22. The molecule has 0 radical (unpaired) electrons. The van der Waals surface area contributed by atoms with Crippen molar-refractivity contribution in [2.24, 2.45) is 5.41 Å². The van der Waals surface area contributed by atoms with Gasteiger partial charge in [-0.3, -0.25) is 0 Å². The maximum absolute atomic E-state index is 3.35. The van der Waals surface area contributed by atoms with Crippen LogP contribution in [0.4, 0.5) is 0 Å². The number of nitrogens with one attached hydrogen (secondary N) is 1. The molecule has 0 saturated carbocycles. The molecule has 0 bridgehead atoms. The Morgan fingerprint density at radius 1 is 1.33 bits per heavy atom. The Balaban J connectivity index is 4.19. The predicted octanol–water partition coefficient (Wildman–Crippen LogP) is 2.30. The van der Waals surface area contributed by atoms with Crippen molar-refractivity contribution in [3.05, 3.63) is 0 Å². The molecular formula is C12H28N2S. The van der Waals surface area contributed by atoms with E-state index in [1.54, 1.807) is 0 Å². The lowest BCUT2D eigenvalue weighted by atomic mass is 9.84. The summed E-state index contributed by atoms with van der Waals surface area (Å²) in [5.74, 6) is 1.21. The quantitative estimate of drug-likeness (QED) is 0.725. The molecule has 15 heavy (non-hydrogen) atoms. The second kappa shape index (κ2) is 6.77. The van der Waals surface area contributed by atoms with Crippen molar-refractivity contribution in [2.45, 2.75) is 39.8 Å². The molecule has 0 heterocycles. The fraction of sp³-hybridized carbons (Fsp3) is 1.00. The van der Waals surface area contributed by atoms with Crippen LogP contribution in [0.1, 0.15) is 27.7 Å². The average Bonchev–Trinajstić information content (AvgIpc) is 2.16. The fourth-order valence-corrected chi connectivity index (χ4v) is 2.43. The maximum Gasteiger partial charge on any atom is 0.0155 e. The first-order valence-corrected chi connectivity index (χ1v) is 7.11. The Morgan fingerprint density at radius 3 is 2.27 bits per heavy atom. The smallest absolute Gasteiger partial charge is 0.0155 e. The number of hydrogen-bond donors (Lipinski definition) is 1. The van der Waals surface area contributed by atoms with Crippen LogP contribution < -0.4 is 5.32 Å². The molecule has 2 atom stereocenters. The van der Waals surface area contributed by atoms with Crippen LogP contribution in [0.25, 0.3) is 0 Å². The summed E-state index contributed by atoms with van der Waals surface area (Å²) < 4.78 is 0. The molecule has 0 rings (SSSR count). The van der Waals surface area contributed by atoms with Gasteiger partial charge in [-0.2, -0.15) is 11.8 Å². The highest BCUT2D eigenvalue weighted by Gasteiger charge is 2.27. The van der Waals surface area contributed by atoms with Gasteiger partial charge in [-0.25, -0.2) is 0 Å². The Kier molecular flexibility index (Phi) is 6.89. The van der Waals surface area contributed by atoms with Crippen LogP contribution in [0, 0.1) is 5.41 Å². The van der Waals surface area contributed by atoms with Crippen LogP contribution in [-0.2, 0) is 0 Å². The highest BCUT2D eigenvalue weighted by atomic mass is 32.2. The van der Waals surface area contributed by atoms with Crippen LogP contribution in [0.15, 0.2) is 0 Å². The van der Waals surface area contributed by atoms with Crippen molar-refractivity contribution in [1.29, 1.82) is 0 Å². The van der Waals surface area contributed by atoms with Gasteiger partial charge in [0.05, 0.1) is 0 Å². The largest absolute Gasteiger partial charge is 0.317 e. The minimum atomic E-state index is 0.316. The summed E-state index contributed by atoms with van der Waals surface area (Å²) in [5, 5.41) is 3.35. The van der Waals surface area contributed by atoms with Crippen molar-refractivity contribution < 1.29 is 0 Å². The van der Waals surface area contributed by atoms with E-state index in [0.717, 1.165) is 6.54 Å². The number of thioether (sulfide) groups is 1. The molecule has 0 aliphatic carbocycles. The lowest BCUT2D eigenvalue weighted by molar-refractivity contribution is 0.147. The van der Waals surface area contributed by atoms with E-state index in [0.29, 0.717) is 17.5 Å². The summed E-state index contributed by atoms with van der Waals surface area (Å²) in [6.45, 7) is 10.4. The molecule has 0 amide bonds. The van der Waals surface area contributed by atoms with Crippen molar-refractivity contribution >= 4 is 11.8 Å². The summed E-state index contributed by atoms with van der Waals surface area (Å²) in [5.41, 5.74) is 0.316. The third-order valence-corrected chi connectivity index (χ3v) is 4.24. The van der Waals surface area contributed by atoms with E-state index in [1.807, 2.05) is 18.8 Å². The molecule has 2 nitrogen and oxygen atoms in total. The lowest BCUT2D eigenvalue weighted by Gasteiger charge is -2.37. The summed E-state index contributed by atoms with van der Waals surface area (Å²) in [7, 11) is 4.27. The molecule has 2 unspecified atom stereocenters. The van der Waals surface area contributed by atoms with Gasteiger partial charge in [-0.1, -0.05) is 13.8 Å². The van der Waals surface area contributed by atoms with Gasteiger partial charge in [-0.15, -0.1) is 0 Å². The van der Waals surface area contributed by atoms with Crippen LogP contribution >= 0.6 is 11.8 Å². The van der Waals surface area contributed by atoms with Crippen molar-refractivity contribution in [1.82, 2.24) is 10.2 Å². The monoisotopic (exact) mass is 232 g/mol. The van der Waals surface area contributed by atoms with Crippen molar-refractivity contribution in [3.63, 3.8) is 0 Å². The molecule has 0 spiro atoms. The van der Waals surface area contributed by atoms with Gasteiger partial charge in [0.25, 0.3) is 0 Å². The van der Waals surface area contributed by atoms with E-state index in [9.17, 15) is 0 Å². The summed E-state index contributed by atoms with van der Waals surface area (Å²) >= 11 is 1.92. The van der Waals surface area contributed by atoms with E-state index < -0.39 is 0 Å². The van der Waals surface area contributed by atoms with Crippen LogP contribution in [-0.4, -0.2) is 49.6 Å². The zero-order valence-electron chi connectivity index (χ0n) is 11.4. The Labute approximate surface area is 100 Å². The second-order valence-corrected chi connectivity index (χ2v) is 6.13. The molecule has 0 aromatic carbocycles. The van der Waals surface area contributed by atoms with Gasteiger partial charge < -0.3 is 10.2 Å². The van der Waals surface area contributed by atoms with Gasteiger partial charge >= 0.3 is 0 Å². The van der Waals surface area contributed by atoms with Gasteiger partial charge in [0.2, 0.25) is 0 Å². The molecule has 0 fully saturated rings. The van der Waals surface area contributed by atoms with Crippen LogP contribution in [0.2, 0.25) is 0 Å². The molecule has 1 N–H and O–H groups in total. The number of nitrogens with zero attached hydrogens (tertiary/aromatic N) is 1. The van der Waals surface area contributed by atoms with Crippen LogP contribution in [0.5, 0.6) is 0 Å². The van der Waals surface area contributed by atoms with E-state index in [-0.39, 0.29) is 0 Å². The average molecular weight is 232 g/mol. The first kappa shape index (κ1) is 15.3. The fourth-order valence-electron chi connectivity index (χ4n) is 1.69. The number of rotatable bonds is 7. The summed E-state index contributed by atoms with van der Waals surface area (Å²) in [4.78, 5) is 2.46. The van der Waals surface area contributed by atoms with Gasteiger partial charge in [0.1, 0.15) is 0 Å². The molecule has 3 heteroatoms. The minimum absolute atomic E-state index is 0.316. The zero-order chi connectivity index (χ0) is 12.1. The molecule has 0 aliphatic rings. The minimum Gasteiger partial charge on any atom is -0.317 e. The van der Waals surface area contributed by atoms with Gasteiger partial charge in [-0.05, 0) is 39.6 Å². The Hall–Kier alpha value is 0.270. The zero-order valence-corrected chi connectivity index (χ0v) is 12.2. The molecule has 0 aromatic heterocycles. The molecule has 0 saturated heterocycles. The van der Waals surface area contributed by atoms with Crippen molar-refractivity contribution in [3.8, 4) is 0 Å². The van der Waals surface area contributed by atoms with Gasteiger partial charge in [0, 0.05) is 24.4 Å². The topological polar surface area (TPSA) is 15.3 Å². The maximum atomic E-state index is 3.35. The molecule has 0 aromatic rings. The normalized spacial score (nSPS) is 16.8. The number of hydrogen-bond acceptors (Lipinski definition) is 3. The SMILES string of the molecule is CNC(C)C(C)(C)CN(C)C(C)CSC. The van der Waals surface area contributed by atoms with E-state index in [2.05, 4.69) is 51.2 Å².